The first-order valence-corrected chi connectivity index (χ1v) is 10.7. The summed E-state index contributed by atoms with van der Waals surface area (Å²) in [5, 5.41) is 8.81. The Morgan fingerprint density at radius 2 is 1.84 bits per heavy atom. The lowest BCUT2D eigenvalue weighted by Gasteiger charge is -2.09. The van der Waals surface area contributed by atoms with Gasteiger partial charge in [-0.25, -0.2) is 9.67 Å². The van der Waals surface area contributed by atoms with Gasteiger partial charge in [0, 0.05) is 17.3 Å². The number of nitrogens with zero attached hydrogens (tertiary/aromatic N) is 5. The van der Waals surface area contributed by atoms with E-state index in [1.807, 2.05) is 85.4 Å². The highest BCUT2D eigenvalue weighted by Crippen LogP contribution is 2.26. The molecule has 0 fully saturated rings. The van der Waals surface area contributed by atoms with Crippen molar-refractivity contribution in [3.05, 3.63) is 87.6 Å². The van der Waals surface area contributed by atoms with E-state index in [1.165, 1.54) is 22.2 Å². The van der Waals surface area contributed by atoms with Crippen LogP contribution in [0.15, 0.2) is 71.9 Å². The quantitative estimate of drug-likeness (QED) is 0.428. The second-order valence-electron chi connectivity index (χ2n) is 7.27. The number of benzene rings is 2. The molecule has 0 amide bonds. The molecule has 31 heavy (non-hydrogen) atoms. The van der Waals surface area contributed by atoms with Crippen molar-refractivity contribution in [2.75, 3.05) is 0 Å². The molecule has 154 valence electrons. The van der Waals surface area contributed by atoms with Gasteiger partial charge in [-0.15, -0.1) is 0 Å². The van der Waals surface area contributed by atoms with Crippen LogP contribution in [0.3, 0.4) is 0 Å². The number of thiazole rings is 1. The Balaban J connectivity index is 1.65. The third-order valence-electron chi connectivity index (χ3n) is 4.67. The molecule has 2 aromatic carbocycles. The molecule has 0 bridgehead atoms. The van der Waals surface area contributed by atoms with Crippen molar-refractivity contribution in [3.63, 3.8) is 0 Å². The molecule has 0 unspecified atom stereocenters. The van der Waals surface area contributed by atoms with Gasteiger partial charge in [0.2, 0.25) is 4.96 Å². The lowest BCUT2D eigenvalue weighted by Crippen LogP contribution is -2.23. The second kappa shape index (κ2) is 7.81. The van der Waals surface area contributed by atoms with Crippen molar-refractivity contribution in [1.29, 1.82) is 0 Å². The number of fused-ring (bicyclic) bond motifs is 1. The van der Waals surface area contributed by atoms with Crippen LogP contribution in [0.5, 0.6) is 5.75 Å². The van der Waals surface area contributed by atoms with Crippen molar-refractivity contribution in [2.24, 2.45) is 0 Å². The van der Waals surface area contributed by atoms with E-state index in [0.29, 0.717) is 9.49 Å². The first-order valence-electron chi connectivity index (χ1n) is 9.85. The lowest BCUT2D eigenvalue weighted by atomic mass is 10.1. The lowest BCUT2D eigenvalue weighted by molar-refractivity contribution is 0.242. The molecule has 0 aliphatic heterocycles. The largest absolute Gasteiger partial charge is 0.491 e. The summed E-state index contributed by atoms with van der Waals surface area (Å²) in [6.45, 7) is 3.99. The van der Waals surface area contributed by atoms with Crippen LogP contribution < -0.4 is 14.8 Å². The van der Waals surface area contributed by atoms with E-state index in [9.17, 15) is 4.79 Å². The molecule has 0 N–H and O–H groups in total. The molecule has 0 aliphatic rings. The zero-order chi connectivity index (χ0) is 21.4. The number of rotatable bonds is 5. The molecule has 3 aromatic heterocycles. The minimum atomic E-state index is -0.184. The van der Waals surface area contributed by atoms with Crippen LogP contribution in [0.25, 0.3) is 28.0 Å². The van der Waals surface area contributed by atoms with Crippen molar-refractivity contribution >= 4 is 22.4 Å². The maximum absolute atomic E-state index is 12.7. The minimum Gasteiger partial charge on any atom is -0.491 e. The normalized spacial score (nSPS) is 12.2. The smallest absolute Gasteiger partial charge is 0.291 e. The molecule has 0 saturated heterocycles. The average Bonchev–Trinajstić information content (AvgIpc) is 3.47. The number of para-hydroxylation sites is 1. The number of ether oxygens (including phenoxy) is 1. The maximum atomic E-state index is 12.7. The molecule has 3 heterocycles. The Hall–Kier alpha value is -3.78. The minimum absolute atomic E-state index is 0.105. The number of hydrogen-bond acceptors (Lipinski definition) is 6. The highest BCUT2D eigenvalue weighted by molar-refractivity contribution is 7.15. The molecule has 0 atom stereocenters. The molecular formula is C23H19N5O2S. The first kappa shape index (κ1) is 19.2. The van der Waals surface area contributed by atoms with Crippen molar-refractivity contribution in [1.82, 2.24) is 24.4 Å². The average molecular weight is 430 g/mol. The molecule has 5 aromatic rings. The van der Waals surface area contributed by atoms with Gasteiger partial charge in [-0.05, 0) is 56.3 Å². The summed E-state index contributed by atoms with van der Waals surface area (Å²) in [5.41, 5.74) is 3.30. The molecule has 0 radical (unpaired) electrons. The molecule has 0 saturated carbocycles. The fraction of sp³-hybridized carbons (Fsp3) is 0.130. The van der Waals surface area contributed by atoms with Crippen molar-refractivity contribution in [3.8, 4) is 22.7 Å². The van der Waals surface area contributed by atoms with E-state index < -0.39 is 0 Å². The fourth-order valence-corrected chi connectivity index (χ4v) is 4.19. The highest BCUT2D eigenvalue weighted by atomic mass is 32.1. The second-order valence-corrected chi connectivity index (χ2v) is 8.28. The summed E-state index contributed by atoms with van der Waals surface area (Å²) in [6, 6.07) is 17.7. The summed E-state index contributed by atoms with van der Waals surface area (Å²) < 4.78 is 9.45. The van der Waals surface area contributed by atoms with E-state index in [1.54, 1.807) is 0 Å². The van der Waals surface area contributed by atoms with Crippen LogP contribution in [-0.2, 0) is 0 Å². The molecule has 7 nitrogen and oxygen atoms in total. The third kappa shape index (κ3) is 3.73. The molecule has 8 heteroatoms. The van der Waals surface area contributed by atoms with Crippen LogP contribution in [0.4, 0.5) is 0 Å². The van der Waals surface area contributed by atoms with Gasteiger partial charge in [0.15, 0.2) is 0 Å². The van der Waals surface area contributed by atoms with Crippen LogP contribution >= 0.6 is 11.3 Å². The zero-order valence-electron chi connectivity index (χ0n) is 17.0. The van der Waals surface area contributed by atoms with Gasteiger partial charge in [0.25, 0.3) is 5.56 Å². The zero-order valence-corrected chi connectivity index (χ0v) is 17.8. The summed E-state index contributed by atoms with van der Waals surface area (Å²) in [7, 11) is 0. The van der Waals surface area contributed by atoms with Gasteiger partial charge in [-0.1, -0.05) is 29.5 Å². The van der Waals surface area contributed by atoms with E-state index >= 15 is 0 Å². The standard InChI is InChI=1S/C23H19N5O2S/c1-15(2)30-19-10-8-16(9-11-19)21-17(13-27(26-21)18-6-4-3-5-7-18)12-20-22(29)28-23(31-20)24-14-25-28/h3-15H,1-2H3. The predicted molar refractivity (Wildman–Crippen MR) is 121 cm³/mol. The Bertz CT molecular complexity index is 1450. The summed E-state index contributed by atoms with van der Waals surface area (Å²) in [5.74, 6) is 0.805. The van der Waals surface area contributed by atoms with Gasteiger partial charge < -0.3 is 4.74 Å². The summed E-state index contributed by atoms with van der Waals surface area (Å²) >= 11 is 1.31. The van der Waals surface area contributed by atoms with Gasteiger partial charge in [0.05, 0.1) is 16.3 Å². The molecule has 5 rings (SSSR count). The molecule has 0 spiro atoms. The Morgan fingerprint density at radius 1 is 1.06 bits per heavy atom. The maximum Gasteiger partial charge on any atom is 0.291 e. The SMILES string of the molecule is CC(C)Oc1ccc(-c2nn(-c3ccccc3)cc2C=c2sc3ncnn3c2=O)cc1. The number of aromatic nitrogens is 5. The molecular weight excluding hydrogens is 410 g/mol. The Kier molecular flexibility index (Phi) is 4.83. The Labute approximate surface area is 181 Å². The van der Waals surface area contributed by atoms with Crippen molar-refractivity contribution < 1.29 is 4.74 Å². The summed E-state index contributed by atoms with van der Waals surface area (Å²) in [6.07, 6.45) is 5.27. The number of hydrogen-bond donors (Lipinski definition) is 0. The van der Waals surface area contributed by atoms with Crippen LogP contribution in [0.1, 0.15) is 19.4 Å². The Morgan fingerprint density at radius 3 is 2.55 bits per heavy atom. The summed E-state index contributed by atoms with van der Waals surface area (Å²) in [4.78, 5) is 17.4. The van der Waals surface area contributed by atoms with Crippen molar-refractivity contribution in [2.45, 2.75) is 20.0 Å². The predicted octanol–water partition coefficient (Wildman–Crippen LogP) is 3.34. The highest BCUT2D eigenvalue weighted by Gasteiger charge is 2.13. The third-order valence-corrected chi connectivity index (χ3v) is 5.64. The van der Waals surface area contributed by atoms with Gasteiger partial charge in [-0.3, -0.25) is 4.79 Å². The monoisotopic (exact) mass is 429 g/mol. The first-order chi connectivity index (χ1) is 15.1. The van der Waals surface area contributed by atoms with E-state index in [4.69, 9.17) is 9.84 Å². The van der Waals surface area contributed by atoms with E-state index in [2.05, 4.69) is 10.1 Å². The van der Waals surface area contributed by atoms with Crippen LogP contribution in [0, 0.1) is 0 Å². The van der Waals surface area contributed by atoms with Gasteiger partial charge in [-0.2, -0.15) is 14.7 Å². The van der Waals surface area contributed by atoms with Crippen LogP contribution in [0.2, 0.25) is 0 Å². The van der Waals surface area contributed by atoms with E-state index in [-0.39, 0.29) is 11.7 Å². The fourth-order valence-electron chi connectivity index (χ4n) is 3.31. The van der Waals surface area contributed by atoms with Crippen LogP contribution in [-0.4, -0.2) is 30.5 Å². The van der Waals surface area contributed by atoms with E-state index in [0.717, 1.165) is 28.3 Å². The molecule has 0 aliphatic carbocycles. The van der Waals surface area contributed by atoms with Gasteiger partial charge >= 0.3 is 0 Å². The van der Waals surface area contributed by atoms with Gasteiger partial charge in [0.1, 0.15) is 17.8 Å². The topological polar surface area (TPSA) is 74.3 Å².